The van der Waals surface area contributed by atoms with E-state index in [0.717, 1.165) is 27.8 Å². The molecule has 0 N–H and O–H groups in total. The highest BCUT2D eigenvalue weighted by Gasteiger charge is 2.11. The first-order valence-electron chi connectivity index (χ1n) is 8.56. The SMILES string of the molecule is COc1ccc(OCc2nnc3sc(/C=C/c4ccccc4OC)nn23)cc1. The van der Waals surface area contributed by atoms with Crippen molar-refractivity contribution in [3.63, 3.8) is 0 Å². The summed E-state index contributed by atoms with van der Waals surface area (Å²) in [4.78, 5) is 0.716. The van der Waals surface area contributed by atoms with Crippen molar-refractivity contribution in [1.82, 2.24) is 19.8 Å². The zero-order valence-corrected chi connectivity index (χ0v) is 16.2. The van der Waals surface area contributed by atoms with Crippen molar-refractivity contribution >= 4 is 28.4 Å². The van der Waals surface area contributed by atoms with Gasteiger partial charge in [0.1, 0.15) is 28.9 Å². The summed E-state index contributed by atoms with van der Waals surface area (Å²) < 4.78 is 18.0. The lowest BCUT2D eigenvalue weighted by molar-refractivity contribution is 0.292. The molecule has 0 unspecified atom stereocenters. The fraction of sp³-hybridized carbons (Fsp3) is 0.150. The Morgan fingerprint density at radius 3 is 2.50 bits per heavy atom. The summed E-state index contributed by atoms with van der Waals surface area (Å²) in [7, 11) is 3.29. The summed E-state index contributed by atoms with van der Waals surface area (Å²) in [5.74, 6) is 2.96. The Bertz CT molecular complexity index is 1100. The molecule has 0 spiro atoms. The van der Waals surface area contributed by atoms with Crippen LogP contribution in [-0.4, -0.2) is 34.0 Å². The highest BCUT2D eigenvalue weighted by Crippen LogP contribution is 2.22. The van der Waals surface area contributed by atoms with Crippen LogP contribution in [0.2, 0.25) is 0 Å². The van der Waals surface area contributed by atoms with Crippen LogP contribution in [0.25, 0.3) is 17.1 Å². The first-order valence-corrected chi connectivity index (χ1v) is 9.37. The van der Waals surface area contributed by atoms with Gasteiger partial charge in [0.15, 0.2) is 5.82 Å². The summed E-state index contributed by atoms with van der Waals surface area (Å²) >= 11 is 1.46. The van der Waals surface area contributed by atoms with E-state index in [1.165, 1.54) is 11.3 Å². The number of hydrogen-bond acceptors (Lipinski definition) is 7. The second-order valence-electron chi connectivity index (χ2n) is 5.79. The lowest BCUT2D eigenvalue weighted by atomic mass is 10.2. The molecule has 2 aromatic carbocycles. The standard InChI is InChI=1S/C20H18N4O3S/c1-25-15-8-10-16(11-9-15)27-13-18-21-22-20-24(18)23-19(28-20)12-7-14-5-3-4-6-17(14)26-2/h3-12H,13H2,1-2H3/b12-7+. The first-order chi connectivity index (χ1) is 13.8. The Balaban J connectivity index is 1.49. The Kier molecular flexibility index (Phi) is 5.20. The highest BCUT2D eigenvalue weighted by atomic mass is 32.1. The van der Waals surface area contributed by atoms with Gasteiger partial charge in [0.25, 0.3) is 0 Å². The number of para-hydroxylation sites is 1. The lowest BCUT2D eigenvalue weighted by Gasteiger charge is -2.05. The van der Waals surface area contributed by atoms with Gasteiger partial charge >= 0.3 is 0 Å². The average molecular weight is 394 g/mol. The Labute approximate surface area is 165 Å². The van der Waals surface area contributed by atoms with Crippen LogP contribution in [0.4, 0.5) is 0 Å². The second-order valence-corrected chi connectivity index (χ2v) is 6.78. The maximum absolute atomic E-state index is 5.78. The molecule has 0 radical (unpaired) electrons. The number of benzene rings is 2. The number of nitrogens with zero attached hydrogens (tertiary/aromatic N) is 4. The first kappa shape index (κ1) is 18.0. The minimum absolute atomic E-state index is 0.271. The minimum Gasteiger partial charge on any atom is -0.497 e. The van der Waals surface area contributed by atoms with Gasteiger partial charge in [-0.3, -0.25) is 0 Å². The second kappa shape index (κ2) is 8.10. The third-order valence-electron chi connectivity index (χ3n) is 4.04. The molecule has 0 bridgehead atoms. The monoisotopic (exact) mass is 394 g/mol. The van der Waals surface area contributed by atoms with E-state index in [1.54, 1.807) is 18.7 Å². The Morgan fingerprint density at radius 2 is 1.71 bits per heavy atom. The highest BCUT2D eigenvalue weighted by molar-refractivity contribution is 7.17. The molecule has 8 heteroatoms. The Hall–Kier alpha value is -3.39. The Morgan fingerprint density at radius 1 is 0.929 bits per heavy atom. The van der Waals surface area contributed by atoms with Crippen molar-refractivity contribution < 1.29 is 14.2 Å². The van der Waals surface area contributed by atoms with Gasteiger partial charge < -0.3 is 14.2 Å². The van der Waals surface area contributed by atoms with E-state index in [2.05, 4.69) is 15.3 Å². The van der Waals surface area contributed by atoms with Crippen LogP contribution in [0, 0.1) is 0 Å². The number of aromatic nitrogens is 4. The van der Waals surface area contributed by atoms with Gasteiger partial charge in [0.2, 0.25) is 4.96 Å². The van der Waals surface area contributed by atoms with Crippen molar-refractivity contribution in [2.75, 3.05) is 14.2 Å². The van der Waals surface area contributed by atoms with Crippen molar-refractivity contribution in [3.8, 4) is 17.2 Å². The van der Waals surface area contributed by atoms with Gasteiger partial charge in [-0.25, -0.2) is 0 Å². The van der Waals surface area contributed by atoms with Gasteiger partial charge in [-0.2, -0.15) is 9.61 Å². The molecule has 7 nitrogen and oxygen atoms in total. The van der Waals surface area contributed by atoms with Crippen LogP contribution in [-0.2, 0) is 6.61 Å². The topological polar surface area (TPSA) is 70.8 Å². The third-order valence-corrected chi connectivity index (χ3v) is 4.91. The predicted octanol–water partition coefficient (Wildman–Crippen LogP) is 3.95. The summed E-state index contributed by atoms with van der Waals surface area (Å²) in [6.45, 7) is 0.271. The maximum Gasteiger partial charge on any atom is 0.235 e. The molecule has 0 fully saturated rings. The van der Waals surface area contributed by atoms with Gasteiger partial charge in [-0.1, -0.05) is 29.5 Å². The molecule has 28 heavy (non-hydrogen) atoms. The van der Waals surface area contributed by atoms with E-state index in [-0.39, 0.29) is 6.61 Å². The van der Waals surface area contributed by atoms with Crippen LogP contribution in [0.15, 0.2) is 48.5 Å². The molecule has 0 aliphatic heterocycles. The smallest absolute Gasteiger partial charge is 0.235 e. The minimum atomic E-state index is 0.271. The van der Waals surface area contributed by atoms with Gasteiger partial charge in [0.05, 0.1) is 14.2 Å². The molecular weight excluding hydrogens is 376 g/mol. The van der Waals surface area contributed by atoms with E-state index >= 15 is 0 Å². The normalized spacial score (nSPS) is 11.2. The fourth-order valence-corrected chi connectivity index (χ4v) is 3.37. The van der Waals surface area contributed by atoms with Crippen LogP contribution in [0.1, 0.15) is 16.4 Å². The van der Waals surface area contributed by atoms with E-state index in [0.29, 0.717) is 10.8 Å². The zero-order chi connectivity index (χ0) is 19.3. The molecular formula is C20H18N4O3S. The van der Waals surface area contributed by atoms with Crippen LogP contribution in [0.5, 0.6) is 17.2 Å². The molecule has 0 saturated carbocycles. The summed E-state index contributed by atoms with van der Waals surface area (Å²) in [6, 6.07) is 15.2. The molecule has 0 aliphatic rings. The zero-order valence-electron chi connectivity index (χ0n) is 15.4. The molecule has 0 atom stereocenters. The van der Waals surface area contributed by atoms with E-state index < -0.39 is 0 Å². The number of rotatable bonds is 7. The van der Waals surface area contributed by atoms with Crippen molar-refractivity contribution in [3.05, 3.63) is 64.9 Å². The summed E-state index contributed by atoms with van der Waals surface area (Å²) in [5.41, 5.74) is 0.985. The lowest BCUT2D eigenvalue weighted by Crippen LogP contribution is -2.02. The van der Waals surface area contributed by atoms with Gasteiger partial charge in [-0.15, -0.1) is 10.2 Å². The third kappa shape index (κ3) is 3.81. The van der Waals surface area contributed by atoms with Crippen LogP contribution >= 0.6 is 11.3 Å². The molecule has 0 saturated heterocycles. The van der Waals surface area contributed by atoms with Crippen LogP contribution in [0.3, 0.4) is 0 Å². The maximum atomic E-state index is 5.78. The van der Waals surface area contributed by atoms with Crippen molar-refractivity contribution in [2.45, 2.75) is 6.61 Å². The number of methoxy groups -OCH3 is 2. The quantitative estimate of drug-likeness (QED) is 0.473. The number of ether oxygens (including phenoxy) is 3. The van der Waals surface area contributed by atoms with E-state index in [9.17, 15) is 0 Å². The van der Waals surface area contributed by atoms with Crippen molar-refractivity contribution in [2.24, 2.45) is 0 Å². The average Bonchev–Trinajstić information content (AvgIpc) is 3.32. The molecule has 2 aromatic heterocycles. The predicted molar refractivity (Wildman–Crippen MR) is 108 cm³/mol. The molecule has 0 aliphatic carbocycles. The molecule has 4 rings (SSSR count). The molecule has 2 heterocycles. The summed E-state index contributed by atoms with van der Waals surface area (Å²) in [6.07, 6.45) is 3.91. The molecule has 0 amide bonds. The molecule has 142 valence electrons. The van der Waals surface area contributed by atoms with E-state index in [4.69, 9.17) is 14.2 Å². The van der Waals surface area contributed by atoms with Gasteiger partial charge in [-0.05, 0) is 42.5 Å². The molecule has 4 aromatic rings. The van der Waals surface area contributed by atoms with E-state index in [1.807, 2.05) is 60.7 Å². The summed E-state index contributed by atoms with van der Waals surface area (Å²) in [5, 5.41) is 13.7. The van der Waals surface area contributed by atoms with Gasteiger partial charge in [0, 0.05) is 5.56 Å². The number of hydrogen-bond donors (Lipinski definition) is 0. The largest absolute Gasteiger partial charge is 0.497 e. The van der Waals surface area contributed by atoms with Crippen molar-refractivity contribution in [1.29, 1.82) is 0 Å². The van der Waals surface area contributed by atoms with Crippen LogP contribution < -0.4 is 14.2 Å². The fourth-order valence-electron chi connectivity index (χ4n) is 2.61. The number of fused-ring (bicyclic) bond motifs is 1.